The Labute approximate surface area is 121 Å². The third-order valence-corrected chi connectivity index (χ3v) is 2.75. The molecule has 9 heteroatoms. The fourth-order valence-electron chi connectivity index (χ4n) is 1.67. The Morgan fingerprint density at radius 3 is 2.81 bits per heavy atom. The van der Waals surface area contributed by atoms with Gasteiger partial charge < -0.3 is 22.1 Å². The lowest BCUT2D eigenvalue weighted by molar-refractivity contribution is -0.485. The Morgan fingerprint density at radius 1 is 1.38 bits per heavy atom. The fourth-order valence-corrected chi connectivity index (χ4v) is 1.67. The number of guanidine groups is 2. The van der Waals surface area contributed by atoms with E-state index in [1.807, 2.05) is 6.07 Å². The van der Waals surface area contributed by atoms with Crippen LogP contribution in [0.15, 0.2) is 34.4 Å². The van der Waals surface area contributed by atoms with Crippen molar-refractivity contribution in [1.82, 2.24) is 5.32 Å². The van der Waals surface area contributed by atoms with Gasteiger partial charge in [0.05, 0.1) is 6.54 Å². The summed E-state index contributed by atoms with van der Waals surface area (Å²) in [6, 6.07) is 7.62. The molecule has 0 aliphatic heterocycles. The number of nitrogens with one attached hydrogen (secondary N) is 2. The van der Waals surface area contributed by atoms with Gasteiger partial charge in [-0.15, -0.1) is 0 Å². The van der Waals surface area contributed by atoms with Crippen molar-refractivity contribution in [1.29, 1.82) is 0 Å². The summed E-state index contributed by atoms with van der Waals surface area (Å²) in [5, 5.41) is 18.0. The molecule has 21 heavy (non-hydrogen) atoms. The highest BCUT2D eigenvalue weighted by Gasteiger charge is 2.21. The number of nitrogens with zero attached hydrogens (tertiary/aromatic N) is 3. The van der Waals surface area contributed by atoms with Crippen LogP contribution in [0.2, 0.25) is 0 Å². The number of hydrogen-bond donors (Lipinski definition) is 4. The summed E-state index contributed by atoms with van der Waals surface area (Å²) in [6.07, 6.45) is 2.26. The predicted molar refractivity (Wildman–Crippen MR) is 80.2 cm³/mol. The summed E-state index contributed by atoms with van der Waals surface area (Å²) in [5.74, 6) is 0.140. The van der Waals surface area contributed by atoms with Crippen LogP contribution in [0, 0.1) is 10.1 Å². The van der Waals surface area contributed by atoms with Crippen LogP contribution in [0.25, 0.3) is 0 Å². The summed E-state index contributed by atoms with van der Waals surface area (Å²) in [6.45, 7) is 0.410. The van der Waals surface area contributed by atoms with Crippen LogP contribution in [0.4, 0.5) is 5.69 Å². The molecule has 2 rings (SSSR count). The van der Waals surface area contributed by atoms with E-state index in [9.17, 15) is 10.1 Å². The normalized spacial score (nSPS) is 15.6. The quantitative estimate of drug-likeness (QED) is 0.263. The van der Waals surface area contributed by atoms with Gasteiger partial charge in [-0.25, -0.2) is 15.1 Å². The molecule has 1 aliphatic rings. The van der Waals surface area contributed by atoms with Crippen LogP contribution < -0.4 is 22.1 Å². The van der Waals surface area contributed by atoms with E-state index in [1.54, 1.807) is 18.2 Å². The largest absolute Gasteiger partial charge is 0.370 e. The highest BCUT2D eigenvalue weighted by molar-refractivity contribution is 5.91. The van der Waals surface area contributed by atoms with Gasteiger partial charge in [0, 0.05) is 11.7 Å². The predicted octanol–water partition coefficient (Wildman–Crippen LogP) is 0.172. The minimum atomic E-state index is -0.860. The van der Waals surface area contributed by atoms with E-state index in [4.69, 9.17) is 11.5 Å². The number of nitrogens with two attached hydrogens (primary N) is 2. The van der Waals surface area contributed by atoms with Crippen LogP contribution >= 0.6 is 0 Å². The van der Waals surface area contributed by atoms with Crippen molar-refractivity contribution in [2.45, 2.75) is 25.4 Å². The van der Waals surface area contributed by atoms with Crippen LogP contribution in [-0.4, -0.2) is 23.0 Å². The van der Waals surface area contributed by atoms with E-state index in [0.717, 1.165) is 18.4 Å². The topological polar surface area (TPSA) is 144 Å². The van der Waals surface area contributed by atoms with Crippen molar-refractivity contribution in [3.8, 4) is 0 Å². The van der Waals surface area contributed by atoms with Crippen LogP contribution in [0.3, 0.4) is 0 Å². The molecule has 1 saturated carbocycles. The first kappa shape index (κ1) is 14.6. The van der Waals surface area contributed by atoms with Crippen LogP contribution in [0.1, 0.15) is 18.4 Å². The van der Waals surface area contributed by atoms with E-state index >= 15 is 0 Å². The maximum Gasteiger partial charge on any atom is 0.270 e. The van der Waals surface area contributed by atoms with Gasteiger partial charge in [0.2, 0.25) is 0 Å². The van der Waals surface area contributed by atoms with Crippen LogP contribution in [0.5, 0.6) is 0 Å². The van der Waals surface area contributed by atoms with Gasteiger partial charge in [0.15, 0.2) is 11.0 Å². The maximum absolute atomic E-state index is 10.2. The molecule has 0 bridgehead atoms. The molecule has 0 radical (unpaired) electrons. The Morgan fingerprint density at radius 2 is 2.14 bits per heavy atom. The van der Waals surface area contributed by atoms with Gasteiger partial charge >= 0.3 is 0 Å². The molecule has 0 spiro atoms. The molecule has 0 amide bonds. The van der Waals surface area contributed by atoms with E-state index in [-0.39, 0.29) is 5.96 Å². The summed E-state index contributed by atoms with van der Waals surface area (Å²) in [7, 11) is 0. The number of hydrazone groups is 1. The molecule has 1 aromatic carbocycles. The molecule has 1 aromatic rings. The van der Waals surface area contributed by atoms with Gasteiger partial charge in [-0.2, -0.15) is 0 Å². The fraction of sp³-hybridized carbons (Fsp3) is 0.333. The molecule has 9 nitrogen and oxygen atoms in total. The van der Waals surface area contributed by atoms with Crippen molar-refractivity contribution in [2.75, 3.05) is 5.32 Å². The smallest absolute Gasteiger partial charge is 0.270 e. The minimum absolute atomic E-state index is 0.282. The second-order valence-electron chi connectivity index (χ2n) is 4.67. The molecule has 0 aromatic heterocycles. The third kappa shape index (κ3) is 5.35. The van der Waals surface area contributed by atoms with Crippen molar-refractivity contribution in [2.24, 2.45) is 21.6 Å². The first-order valence-electron chi connectivity index (χ1n) is 6.44. The first-order valence-corrected chi connectivity index (χ1v) is 6.44. The van der Waals surface area contributed by atoms with E-state index in [2.05, 4.69) is 20.7 Å². The molecule has 1 fully saturated rings. The van der Waals surface area contributed by atoms with Crippen molar-refractivity contribution in [3.05, 3.63) is 39.9 Å². The van der Waals surface area contributed by atoms with Gasteiger partial charge in [-0.3, -0.25) is 0 Å². The third-order valence-electron chi connectivity index (χ3n) is 2.75. The SMILES string of the molecule is NC(=N[N+](=O)[O-])Nc1cccc(CN=C(N)NC2CC2)c1. The van der Waals surface area contributed by atoms with Crippen molar-refractivity contribution >= 4 is 17.6 Å². The zero-order valence-electron chi connectivity index (χ0n) is 11.3. The zero-order valence-corrected chi connectivity index (χ0v) is 11.3. The van der Waals surface area contributed by atoms with Gasteiger partial charge in [0.1, 0.15) is 5.10 Å². The molecule has 1 aliphatic carbocycles. The van der Waals surface area contributed by atoms with Crippen molar-refractivity contribution < 1.29 is 5.03 Å². The molecule has 0 heterocycles. The van der Waals surface area contributed by atoms with Gasteiger partial charge in [0.25, 0.3) is 5.96 Å². The lowest BCUT2D eigenvalue weighted by Gasteiger charge is -2.06. The second-order valence-corrected chi connectivity index (χ2v) is 4.67. The number of aliphatic imine (C=N–C) groups is 1. The molecule has 0 atom stereocenters. The average Bonchev–Trinajstić information content (AvgIpc) is 3.19. The summed E-state index contributed by atoms with van der Waals surface area (Å²) >= 11 is 0. The zero-order chi connectivity index (χ0) is 15.2. The van der Waals surface area contributed by atoms with E-state index in [0.29, 0.717) is 24.2 Å². The molecule has 112 valence electrons. The minimum Gasteiger partial charge on any atom is -0.370 e. The molecular formula is C12H17N7O2. The number of anilines is 1. The van der Waals surface area contributed by atoms with Gasteiger partial charge in [-0.1, -0.05) is 12.1 Å². The Hall–Kier alpha value is -2.84. The monoisotopic (exact) mass is 291 g/mol. The summed E-state index contributed by atoms with van der Waals surface area (Å²) in [4.78, 5) is 14.4. The summed E-state index contributed by atoms with van der Waals surface area (Å²) < 4.78 is 0. The van der Waals surface area contributed by atoms with Crippen LogP contribution in [-0.2, 0) is 6.54 Å². The average molecular weight is 291 g/mol. The lowest BCUT2D eigenvalue weighted by Crippen LogP contribution is -2.33. The number of benzene rings is 1. The van der Waals surface area contributed by atoms with E-state index in [1.165, 1.54) is 0 Å². The lowest BCUT2D eigenvalue weighted by atomic mass is 10.2. The molecular weight excluding hydrogens is 274 g/mol. The molecule has 0 saturated heterocycles. The summed E-state index contributed by atoms with van der Waals surface area (Å²) in [5.41, 5.74) is 12.6. The Bertz CT molecular complexity index is 581. The highest BCUT2D eigenvalue weighted by atomic mass is 16.7. The molecule has 6 N–H and O–H groups in total. The van der Waals surface area contributed by atoms with Crippen molar-refractivity contribution in [3.63, 3.8) is 0 Å². The van der Waals surface area contributed by atoms with E-state index < -0.39 is 5.03 Å². The Balaban J connectivity index is 1.95. The van der Waals surface area contributed by atoms with Gasteiger partial charge in [-0.05, 0) is 30.5 Å². The Kier molecular flexibility index (Phi) is 4.54. The first-order chi connectivity index (χ1) is 10.0. The maximum atomic E-state index is 10.2. The molecule has 0 unspecified atom stereocenters. The second kappa shape index (κ2) is 6.55. The highest BCUT2D eigenvalue weighted by Crippen LogP contribution is 2.18. The number of hydrogen-bond acceptors (Lipinski definition) is 3. The number of rotatable bonds is 5. The standard InChI is InChI=1S/C12H17N7O2/c13-11(16-9-4-5-9)15-7-8-2-1-3-10(6-8)17-12(14)18-19(20)21/h1-3,6,9H,4-5,7H2,(H3,13,15,16)(H3,14,17,18). The number of nitro groups is 1.